The summed E-state index contributed by atoms with van der Waals surface area (Å²) in [5.74, 6) is 0.633. The first-order valence-electron chi connectivity index (χ1n) is 7.45. The van der Waals surface area contributed by atoms with Crippen LogP contribution in [0, 0.1) is 13.8 Å². The Morgan fingerprint density at radius 3 is 2.87 bits per heavy atom. The van der Waals surface area contributed by atoms with E-state index in [1.165, 1.54) is 0 Å². The van der Waals surface area contributed by atoms with Gasteiger partial charge in [-0.05, 0) is 37.6 Å². The van der Waals surface area contributed by atoms with Gasteiger partial charge in [0.25, 0.3) is 0 Å². The molecule has 0 aliphatic heterocycles. The summed E-state index contributed by atoms with van der Waals surface area (Å²) in [5, 5.41) is 2.90. The molecule has 1 amide bonds. The molecule has 118 valence electrons. The number of ether oxygens (including phenoxy) is 1. The summed E-state index contributed by atoms with van der Waals surface area (Å²) in [5.41, 5.74) is 4.49. The van der Waals surface area contributed by atoms with Crippen LogP contribution in [-0.4, -0.2) is 22.4 Å². The minimum absolute atomic E-state index is 0.0790. The van der Waals surface area contributed by atoms with Gasteiger partial charge in [-0.25, -0.2) is 4.98 Å². The Morgan fingerprint density at radius 1 is 1.26 bits per heavy atom. The molecule has 0 bridgehead atoms. The van der Waals surface area contributed by atoms with Crippen LogP contribution in [-0.2, 0) is 11.2 Å². The summed E-state index contributed by atoms with van der Waals surface area (Å²) in [6, 6.07) is 11.3. The number of fused-ring (bicyclic) bond motifs is 1. The molecule has 1 aromatic carbocycles. The Hall–Kier alpha value is -2.82. The number of carbonyl (C=O) groups is 1. The van der Waals surface area contributed by atoms with Crippen molar-refractivity contribution in [2.75, 3.05) is 12.4 Å². The van der Waals surface area contributed by atoms with Crippen molar-refractivity contribution >= 4 is 17.2 Å². The Labute approximate surface area is 134 Å². The zero-order chi connectivity index (χ0) is 16.4. The van der Waals surface area contributed by atoms with E-state index in [-0.39, 0.29) is 12.3 Å². The summed E-state index contributed by atoms with van der Waals surface area (Å²) >= 11 is 0. The average Bonchev–Trinajstić information content (AvgIpc) is 2.85. The van der Waals surface area contributed by atoms with E-state index < -0.39 is 0 Å². The summed E-state index contributed by atoms with van der Waals surface area (Å²) in [6.07, 6.45) is 2.21. The number of aromatic nitrogens is 2. The fraction of sp³-hybridized carbons (Fsp3) is 0.222. The second-order valence-corrected chi connectivity index (χ2v) is 5.49. The molecule has 0 aliphatic carbocycles. The molecule has 5 nitrogen and oxygen atoms in total. The van der Waals surface area contributed by atoms with Crippen LogP contribution in [0.3, 0.4) is 0 Å². The third-order valence-electron chi connectivity index (χ3n) is 3.83. The van der Waals surface area contributed by atoms with Crippen LogP contribution in [0.4, 0.5) is 5.69 Å². The molecule has 0 radical (unpaired) electrons. The van der Waals surface area contributed by atoms with Crippen molar-refractivity contribution in [2.24, 2.45) is 0 Å². The first-order chi connectivity index (χ1) is 11.1. The van der Waals surface area contributed by atoms with E-state index in [2.05, 4.69) is 10.3 Å². The maximum absolute atomic E-state index is 12.4. The Kier molecular flexibility index (Phi) is 4.02. The van der Waals surface area contributed by atoms with Crippen LogP contribution in [0.15, 0.2) is 42.6 Å². The maximum Gasteiger partial charge on any atom is 0.230 e. The molecule has 23 heavy (non-hydrogen) atoms. The molecule has 0 aliphatic rings. The highest BCUT2D eigenvalue weighted by molar-refractivity contribution is 5.92. The number of amides is 1. The number of benzene rings is 1. The first kappa shape index (κ1) is 15.1. The zero-order valence-electron chi connectivity index (χ0n) is 13.5. The average molecular weight is 309 g/mol. The normalized spacial score (nSPS) is 10.7. The van der Waals surface area contributed by atoms with Crippen LogP contribution in [0.2, 0.25) is 0 Å². The van der Waals surface area contributed by atoms with Gasteiger partial charge in [0.2, 0.25) is 5.91 Å². The molecule has 5 heteroatoms. The molecule has 2 aromatic heterocycles. The van der Waals surface area contributed by atoms with E-state index in [4.69, 9.17) is 4.74 Å². The number of pyridine rings is 1. The molecule has 3 rings (SSSR count). The lowest BCUT2D eigenvalue weighted by molar-refractivity contribution is -0.115. The number of anilines is 1. The molecule has 0 saturated heterocycles. The minimum Gasteiger partial charge on any atom is -0.497 e. The number of nitrogens with zero attached hydrogens (tertiary/aromatic N) is 2. The van der Waals surface area contributed by atoms with Crippen LogP contribution in [0.25, 0.3) is 5.65 Å². The minimum atomic E-state index is -0.0790. The van der Waals surface area contributed by atoms with Crippen LogP contribution < -0.4 is 10.1 Å². The fourth-order valence-corrected chi connectivity index (χ4v) is 2.64. The van der Waals surface area contributed by atoms with E-state index in [1.54, 1.807) is 13.2 Å². The molecular weight excluding hydrogens is 290 g/mol. The third kappa shape index (κ3) is 3.04. The van der Waals surface area contributed by atoms with Gasteiger partial charge in [-0.15, -0.1) is 0 Å². The van der Waals surface area contributed by atoms with Gasteiger partial charge in [0.05, 0.1) is 24.9 Å². The standard InChI is InChI=1S/C18H19N3O2/c1-12-6-5-9-21-16(13(2)19-18(12)21)11-17(22)20-14-7-4-8-15(10-14)23-3/h4-10H,11H2,1-3H3,(H,20,22). The van der Waals surface area contributed by atoms with Crippen molar-refractivity contribution in [2.45, 2.75) is 20.3 Å². The Balaban J connectivity index is 1.83. The monoisotopic (exact) mass is 309 g/mol. The van der Waals surface area contributed by atoms with Gasteiger partial charge < -0.3 is 14.5 Å². The molecule has 3 aromatic rings. The van der Waals surface area contributed by atoms with Crippen LogP contribution in [0.1, 0.15) is 17.0 Å². The number of hydrogen-bond donors (Lipinski definition) is 1. The second kappa shape index (κ2) is 6.12. The van der Waals surface area contributed by atoms with E-state index in [1.807, 2.05) is 54.8 Å². The van der Waals surface area contributed by atoms with Gasteiger partial charge in [-0.1, -0.05) is 12.1 Å². The number of hydrogen-bond acceptors (Lipinski definition) is 3. The Bertz CT molecular complexity index is 868. The van der Waals surface area contributed by atoms with Crippen molar-refractivity contribution in [1.82, 2.24) is 9.38 Å². The molecule has 1 N–H and O–H groups in total. The molecule has 0 unspecified atom stereocenters. The third-order valence-corrected chi connectivity index (χ3v) is 3.83. The molecule has 2 heterocycles. The summed E-state index contributed by atoms with van der Waals surface area (Å²) < 4.78 is 7.15. The van der Waals surface area contributed by atoms with Gasteiger partial charge >= 0.3 is 0 Å². The second-order valence-electron chi connectivity index (χ2n) is 5.49. The van der Waals surface area contributed by atoms with Crippen LogP contribution in [0.5, 0.6) is 5.75 Å². The van der Waals surface area contributed by atoms with Crippen molar-refractivity contribution in [3.63, 3.8) is 0 Å². The number of aryl methyl sites for hydroxylation is 2. The Morgan fingerprint density at radius 2 is 2.09 bits per heavy atom. The predicted molar refractivity (Wildman–Crippen MR) is 90.0 cm³/mol. The maximum atomic E-state index is 12.4. The highest BCUT2D eigenvalue weighted by Crippen LogP contribution is 2.19. The molecular formula is C18H19N3O2. The molecule has 0 atom stereocenters. The molecule has 0 spiro atoms. The molecule has 0 fully saturated rings. The SMILES string of the molecule is COc1cccc(NC(=O)Cc2c(C)nc3c(C)cccn23)c1. The number of rotatable bonds is 4. The van der Waals surface area contributed by atoms with E-state index in [0.717, 1.165) is 28.3 Å². The van der Waals surface area contributed by atoms with Crippen molar-refractivity contribution in [1.29, 1.82) is 0 Å². The molecule has 0 saturated carbocycles. The summed E-state index contributed by atoms with van der Waals surface area (Å²) in [7, 11) is 1.60. The van der Waals surface area contributed by atoms with Crippen molar-refractivity contribution in [3.8, 4) is 5.75 Å². The van der Waals surface area contributed by atoms with Gasteiger partial charge in [-0.3, -0.25) is 4.79 Å². The van der Waals surface area contributed by atoms with E-state index in [0.29, 0.717) is 5.75 Å². The van der Waals surface area contributed by atoms with E-state index >= 15 is 0 Å². The largest absolute Gasteiger partial charge is 0.497 e. The number of carbonyl (C=O) groups excluding carboxylic acids is 1. The van der Waals surface area contributed by atoms with Crippen molar-refractivity contribution < 1.29 is 9.53 Å². The zero-order valence-corrected chi connectivity index (χ0v) is 13.5. The quantitative estimate of drug-likeness (QED) is 0.805. The highest BCUT2D eigenvalue weighted by Gasteiger charge is 2.14. The number of imidazole rings is 1. The summed E-state index contributed by atoms with van der Waals surface area (Å²) in [6.45, 7) is 3.95. The topological polar surface area (TPSA) is 55.6 Å². The highest BCUT2D eigenvalue weighted by atomic mass is 16.5. The van der Waals surface area contributed by atoms with Gasteiger partial charge in [-0.2, -0.15) is 0 Å². The predicted octanol–water partition coefficient (Wildman–Crippen LogP) is 3.14. The lowest BCUT2D eigenvalue weighted by Gasteiger charge is -2.08. The first-order valence-corrected chi connectivity index (χ1v) is 7.45. The fourth-order valence-electron chi connectivity index (χ4n) is 2.64. The summed E-state index contributed by atoms with van der Waals surface area (Å²) in [4.78, 5) is 16.9. The lowest BCUT2D eigenvalue weighted by atomic mass is 10.2. The van der Waals surface area contributed by atoms with E-state index in [9.17, 15) is 4.79 Å². The smallest absolute Gasteiger partial charge is 0.230 e. The van der Waals surface area contributed by atoms with Gasteiger partial charge in [0.1, 0.15) is 11.4 Å². The number of methoxy groups -OCH3 is 1. The van der Waals surface area contributed by atoms with Gasteiger partial charge in [0.15, 0.2) is 0 Å². The van der Waals surface area contributed by atoms with Crippen LogP contribution >= 0.6 is 0 Å². The number of nitrogens with one attached hydrogen (secondary N) is 1. The lowest BCUT2D eigenvalue weighted by Crippen LogP contribution is -2.16. The van der Waals surface area contributed by atoms with Gasteiger partial charge in [0, 0.05) is 18.0 Å². The van der Waals surface area contributed by atoms with Crippen molar-refractivity contribution in [3.05, 3.63) is 59.5 Å².